The highest BCUT2D eigenvalue weighted by Gasteiger charge is 2.27. The van der Waals surface area contributed by atoms with Crippen molar-refractivity contribution >= 4 is 38.0 Å². The standard InChI is InChI=1S/C28H25N3O5S/c1-19-11-13-21(14-12-19)37(33,34)31-24-9-6-10-26(36-17-20-7-4-3-5-8-20)28(24)27-22(18-35-2)23(15-30-32)29-16-25(27)31/h3-16,32H,17-18H2,1-2H3/b30-15-. The first-order valence-electron chi connectivity index (χ1n) is 11.6. The van der Waals surface area contributed by atoms with Crippen molar-refractivity contribution in [3.05, 3.63) is 101 Å². The predicted molar refractivity (Wildman–Crippen MR) is 142 cm³/mol. The zero-order valence-corrected chi connectivity index (χ0v) is 21.1. The Balaban J connectivity index is 1.84. The molecule has 0 bridgehead atoms. The number of pyridine rings is 1. The van der Waals surface area contributed by atoms with E-state index in [4.69, 9.17) is 9.47 Å². The number of ether oxygens (including phenoxy) is 2. The lowest BCUT2D eigenvalue weighted by atomic mass is 10.1. The Morgan fingerprint density at radius 3 is 2.41 bits per heavy atom. The maximum absolute atomic E-state index is 14.0. The van der Waals surface area contributed by atoms with E-state index >= 15 is 0 Å². The quantitative estimate of drug-likeness (QED) is 0.172. The predicted octanol–water partition coefficient (Wildman–Crippen LogP) is 5.27. The van der Waals surface area contributed by atoms with E-state index in [1.54, 1.807) is 36.4 Å². The average molecular weight is 516 g/mol. The second-order valence-electron chi connectivity index (χ2n) is 8.57. The van der Waals surface area contributed by atoms with E-state index in [0.29, 0.717) is 45.4 Å². The summed E-state index contributed by atoms with van der Waals surface area (Å²) in [6, 6.07) is 21.7. The smallest absolute Gasteiger partial charge is 0.268 e. The molecule has 3 aromatic carbocycles. The van der Waals surface area contributed by atoms with E-state index in [9.17, 15) is 13.6 Å². The van der Waals surface area contributed by atoms with E-state index in [1.807, 2.05) is 43.3 Å². The monoisotopic (exact) mass is 515 g/mol. The number of benzene rings is 3. The maximum atomic E-state index is 14.0. The molecule has 0 aliphatic rings. The zero-order chi connectivity index (χ0) is 26.0. The van der Waals surface area contributed by atoms with Gasteiger partial charge in [0.05, 0.1) is 46.0 Å². The van der Waals surface area contributed by atoms with Crippen LogP contribution in [0.2, 0.25) is 0 Å². The summed E-state index contributed by atoms with van der Waals surface area (Å²) in [5.41, 5.74) is 3.68. The van der Waals surface area contributed by atoms with Crippen LogP contribution in [0.15, 0.2) is 89.0 Å². The molecule has 0 saturated carbocycles. The van der Waals surface area contributed by atoms with Crippen LogP contribution in [0.4, 0.5) is 0 Å². The molecule has 0 atom stereocenters. The molecule has 2 heterocycles. The van der Waals surface area contributed by atoms with Crippen molar-refractivity contribution in [2.24, 2.45) is 5.16 Å². The summed E-state index contributed by atoms with van der Waals surface area (Å²) in [5.74, 6) is 0.514. The van der Waals surface area contributed by atoms with Crippen molar-refractivity contribution in [3.8, 4) is 5.75 Å². The van der Waals surface area contributed by atoms with Gasteiger partial charge in [-0.15, -0.1) is 0 Å². The van der Waals surface area contributed by atoms with Crippen LogP contribution < -0.4 is 4.74 Å². The molecular weight excluding hydrogens is 490 g/mol. The molecule has 1 N–H and O–H groups in total. The first-order chi connectivity index (χ1) is 18.0. The van der Waals surface area contributed by atoms with E-state index in [-0.39, 0.29) is 11.5 Å². The van der Waals surface area contributed by atoms with Gasteiger partial charge in [-0.05, 0) is 36.8 Å². The van der Waals surface area contributed by atoms with Gasteiger partial charge >= 0.3 is 0 Å². The minimum atomic E-state index is -4.01. The van der Waals surface area contributed by atoms with Crippen LogP contribution in [0.1, 0.15) is 22.4 Å². The summed E-state index contributed by atoms with van der Waals surface area (Å²) >= 11 is 0. The van der Waals surface area contributed by atoms with Gasteiger partial charge in [0.25, 0.3) is 10.0 Å². The van der Waals surface area contributed by atoms with E-state index in [2.05, 4.69) is 10.1 Å². The lowest BCUT2D eigenvalue weighted by molar-refractivity contribution is 0.185. The molecule has 8 nitrogen and oxygen atoms in total. The van der Waals surface area contributed by atoms with Crippen molar-refractivity contribution in [2.45, 2.75) is 25.0 Å². The first-order valence-corrected chi connectivity index (χ1v) is 13.0. The molecule has 9 heteroatoms. The second-order valence-corrected chi connectivity index (χ2v) is 10.4. The number of hydrogen-bond donors (Lipinski definition) is 1. The van der Waals surface area contributed by atoms with Crippen LogP contribution in [0, 0.1) is 6.92 Å². The second kappa shape index (κ2) is 10.0. The highest BCUT2D eigenvalue weighted by molar-refractivity contribution is 7.90. The van der Waals surface area contributed by atoms with E-state index in [0.717, 1.165) is 11.1 Å². The molecule has 2 aromatic heterocycles. The Bertz CT molecular complexity index is 1710. The first kappa shape index (κ1) is 24.5. The molecule has 0 fully saturated rings. The highest BCUT2D eigenvalue weighted by Crippen LogP contribution is 2.40. The van der Waals surface area contributed by atoms with Crippen LogP contribution in [0.5, 0.6) is 5.75 Å². The highest BCUT2D eigenvalue weighted by atomic mass is 32.2. The Hall–Kier alpha value is -4.21. The van der Waals surface area contributed by atoms with E-state index in [1.165, 1.54) is 23.5 Å². The number of nitrogens with zero attached hydrogens (tertiary/aromatic N) is 3. The van der Waals surface area contributed by atoms with Crippen molar-refractivity contribution in [3.63, 3.8) is 0 Å². The summed E-state index contributed by atoms with van der Waals surface area (Å²) in [4.78, 5) is 4.55. The molecule has 0 saturated heterocycles. The molecule has 0 unspecified atom stereocenters. The number of rotatable bonds is 8. The van der Waals surface area contributed by atoms with Crippen LogP contribution in [-0.4, -0.2) is 35.9 Å². The van der Waals surface area contributed by atoms with Gasteiger partial charge in [0.15, 0.2) is 0 Å². The normalized spacial score (nSPS) is 12.1. The van der Waals surface area contributed by atoms with Crippen LogP contribution in [0.25, 0.3) is 21.8 Å². The van der Waals surface area contributed by atoms with Crippen molar-refractivity contribution in [1.29, 1.82) is 0 Å². The summed E-state index contributed by atoms with van der Waals surface area (Å²) in [5, 5.41) is 13.6. The molecule has 37 heavy (non-hydrogen) atoms. The molecule has 0 radical (unpaired) electrons. The van der Waals surface area contributed by atoms with Gasteiger partial charge in [0.1, 0.15) is 12.4 Å². The third-order valence-electron chi connectivity index (χ3n) is 6.15. The van der Waals surface area contributed by atoms with Gasteiger partial charge in [-0.2, -0.15) is 0 Å². The molecule has 188 valence electrons. The van der Waals surface area contributed by atoms with Gasteiger partial charge in [-0.3, -0.25) is 4.98 Å². The third-order valence-corrected chi connectivity index (χ3v) is 7.89. The maximum Gasteiger partial charge on any atom is 0.268 e. The van der Waals surface area contributed by atoms with Gasteiger partial charge in [0, 0.05) is 18.1 Å². The van der Waals surface area contributed by atoms with Gasteiger partial charge < -0.3 is 14.7 Å². The number of hydrogen-bond acceptors (Lipinski definition) is 7. The van der Waals surface area contributed by atoms with Gasteiger partial charge in [-0.1, -0.05) is 59.3 Å². The topological polar surface area (TPSA) is 103 Å². The Morgan fingerprint density at radius 1 is 0.946 bits per heavy atom. The van der Waals surface area contributed by atoms with Crippen molar-refractivity contribution < 1.29 is 23.1 Å². The molecule has 5 rings (SSSR count). The lowest BCUT2D eigenvalue weighted by Crippen LogP contribution is -2.13. The van der Waals surface area contributed by atoms with Crippen LogP contribution >= 0.6 is 0 Å². The lowest BCUT2D eigenvalue weighted by Gasteiger charge is -2.11. The SMILES string of the molecule is COCc1c(/C=N\O)ncc2c1c1c(OCc3ccccc3)cccc1n2S(=O)(=O)c1ccc(C)cc1. The van der Waals surface area contributed by atoms with Crippen LogP contribution in [-0.2, 0) is 28.0 Å². The number of aryl methyl sites for hydroxylation is 1. The molecule has 0 spiro atoms. The molecule has 0 amide bonds. The fourth-order valence-corrected chi connectivity index (χ4v) is 5.94. The minimum absolute atomic E-state index is 0.113. The molecule has 5 aromatic rings. The summed E-state index contributed by atoms with van der Waals surface area (Å²) < 4.78 is 41.0. The minimum Gasteiger partial charge on any atom is -0.488 e. The zero-order valence-electron chi connectivity index (χ0n) is 20.3. The summed E-state index contributed by atoms with van der Waals surface area (Å²) in [6.45, 7) is 2.31. The Labute approximate surface area is 214 Å². The Kier molecular flexibility index (Phi) is 6.64. The summed E-state index contributed by atoms with van der Waals surface area (Å²) in [6.07, 6.45) is 2.68. The van der Waals surface area contributed by atoms with Crippen molar-refractivity contribution in [1.82, 2.24) is 8.96 Å². The molecule has 0 aliphatic heterocycles. The molecular formula is C28H25N3O5S. The number of methoxy groups -OCH3 is 1. The summed E-state index contributed by atoms with van der Waals surface area (Å²) in [7, 11) is -2.47. The fourth-order valence-electron chi connectivity index (χ4n) is 4.45. The number of oxime groups is 1. The van der Waals surface area contributed by atoms with Crippen molar-refractivity contribution in [2.75, 3.05) is 7.11 Å². The number of fused-ring (bicyclic) bond motifs is 3. The largest absolute Gasteiger partial charge is 0.488 e. The average Bonchev–Trinajstić information content (AvgIpc) is 3.26. The fraction of sp³-hybridized carbons (Fsp3) is 0.143. The van der Waals surface area contributed by atoms with Gasteiger partial charge in [0.2, 0.25) is 0 Å². The Morgan fingerprint density at radius 2 is 1.70 bits per heavy atom. The molecule has 0 aliphatic carbocycles. The number of aromatic nitrogens is 2. The third kappa shape index (κ3) is 4.43. The van der Waals surface area contributed by atoms with Crippen LogP contribution in [0.3, 0.4) is 0 Å². The van der Waals surface area contributed by atoms with Gasteiger partial charge in [-0.25, -0.2) is 12.4 Å². The van der Waals surface area contributed by atoms with E-state index < -0.39 is 10.0 Å².